The average molecular weight is 270 g/mol. The number of benzene rings is 1. The normalized spacial score (nSPS) is 14.0. The third kappa shape index (κ3) is 4.31. The van der Waals surface area contributed by atoms with Crippen LogP contribution in [0.5, 0.6) is 0 Å². The van der Waals surface area contributed by atoms with Crippen LogP contribution in [0.2, 0.25) is 0 Å². The number of alkyl halides is 1. The van der Waals surface area contributed by atoms with Crippen LogP contribution in [0.4, 0.5) is 5.69 Å². The van der Waals surface area contributed by atoms with Crippen molar-refractivity contribution in [1.82, 2.24) is 0 Å². The molecule has 0 bridgehead atoms. The molecule has 0 saturated heterocycles. The Morgan fingerprint density at radius 2 is 1.94 bits per heavy atom. The molecular weight excluding hydrogens is 250 g/mol. The summed E-state index contributed by atoms with van der Waals surface area (Å²) in [6.07, 6.45) is 1.03. The molecule has 3 nitrogen and oxygen atoms in total. The molecule has 0 aliphatic carbocycles. The maximum Gasteiger partial charge on any atom is 0.246 e. The Balaban J connectivity index is 2.79. The molecule has 1 aromatic carbocycles. The highest BCUT2D eigenvalue weighted by atomic mass is 35.5. The second-order valence-corrected chi connectivity index (χ2v) is 4.89. The molecule has 4 heteroatoms. The monoisotopic (exact) mass is 269 g/mol. The van der Waals surface area contributed by atoms with E-state index in [4.69, 9.17) is 16.3 Å². The van der Waals surface area contributed by atoms with E-state index in [2.05, 4.69) is 0 Å². The van der Waals surface area contributed by atoms with Gasteiger partial charge in [0.25, 0.3) is 0 Å². The maximum absolute atomic E-state index is 12.1. The lowest BCUT2D eigenvalue weighted by Gasteiger charge is -2.25. The van der Waals surface area contributed by atoms with Crippen molar-refractivity contribution in [3.8, 4) is 0 Å². The molecule has 0 aromatic heterocycles. The van der Waals surface area contributed by atoms with Crippen molar-refractivity contribution in [2.45, 2.75) is 38.7 Å². The van der Waals surface area contributed by atoms with Gasteiger partial charge < -0.3 is 4.74 Å². The first-order valence-electron chi connectivity index (χ1n) is 6.18. The third-order valence-electron chi connectivity index (χ3n) is 2.74. The number of carbonyl (C=O) groups excluding carboxylic acids is 1. The van der Waals surface area contributed by atoms with E-state index in [0.717, 1.165) is 12.1 Å². The van der Waals surface area contributed by atoms with Crippen LogP contribution < -0.4 is 4.90 Å². The summed E-state index contributed by atoms with van der Waals surface area (Å²) in [5.74, 6) is -0.147. The highest BCUT2D eigenvalue weighted by Crippen LogP contribution is 2.16. The van der Waals surface area contributed by atoms with Crippen molar-refractivity contribution in [2.75, 3.05) is 11.6 Å². The van der Waals surface area contributed by atoms with Crippen LogP contribution in [-0.4, -0.2) is 24.1 Å². The van der Waals surface area contributed by atoms with Crippen molar-refractivity contribution in [3.63, 3.8) is 0 Å². The van der Waals surface area contributed by atoms with E-state index in [-0.39, 0.29) is 18.7 Å². The molecule has 0 saturated carbocycles. The van der Waals surface area contributed by atoms with Crippen molar-refractivity contribution in [2.24, 2.45) is 0 Å². The zero-order valence-electron chi connectivity index (χ0n) is 11.1. The lowest BCUT2D eigenvalue weighted by atomic mass is 10.2. The Morgan fingerprint density at radius 3 is 2.44 bits per heavy atom. The minimum absolute atomic E-state index is 0.120. The maximum atomic E-state index is 12.1. The fourth-order valence-electron chi connectivity index (χ4n) is 1.41. The molecule has 0 N–H and O–H groups in total. The standard InChI is InChI=1S/C14H20ClNO2/c1-4-11(2)18-10-16(14(17)12(3)15)13-8-6-5-7-9-13/h5-9,11-12H,4,10H2,1-3H3. The highest BCUT2D eigenvalue weighted by molar-refractivity contribution is 6.32. The van der Waals surface area contributed by atoms with E-state index >= 15 is 0 Å². The fraction of sp³-hybridized carbons (Fsp3) is 0.500. The zero-order valence-corrected chi connectivity index (χ0v) is 11.9. The Kier molecular flexibility index (Phi) is 6.16. The van der Waals surface area contributed by atoms with E-state index in [1.54, 1.807) is 11.8 Å². The van der Waals surface area contributed by atoms with E-state index in [1.165, 1.54) is 0 Å². The Labute approximate surface area is 114 Å². The number of anilines is 1. The topological polar surface area (TPSA) is 29.5 Å². The smallest absolute Gasteiger partial charge is 0.246 e. The van der Waals surface area contributed by atoms with Gasteiger partial charge in [-0.05, 0) is 32.4 Å². The number of carbonyl (C=O) groups is 1. The van der Waals surface area contributed by atoms with E-state index in [0.29, 0.717) is 0 Å². The van der Waals surface area contributed by atoms with Gasteiger partial charge in [0.1, 0.15) is 12.1 Å². The van der Waals surface area contributed by atoms with Gasteiger partial charge in [0.05, 0.1) is 6.10 Å². The lowest BCUT2D eigenvalue weighted by molar-refractivity contribution is -0.119. The summed E-state index contributed by atoms with van der Waals surface area (Å²) in [7, 11) is 0. The van der Waals surface area contributed by atoms with Gasteiger partial charge >= 0.3 is 0 Å². The second-order valence-electron chi connectivity index (χ2n) is 4.23. The van der Waals surface area contributed by atoms with Gasteiger partial charge in [-0.15, -0.1) is 11.6 Å². The Morgan fingerprint density at radius 1 is 1.33 bits per heavy atom. The predicted octanol–water partition coefficient (Wildman–Crippen LogP) is 3.42. The SMILES string of the molecule is CCC(C)OCN(C(=O)C(C)Cl)c1ccccc1. The zero-order chi connectivity index (χ0) is 13.5. The summed E-state index contributed by atoms with van der Waals surface area (Å²) in [6.45, 7) is 5.93. The molecule has 0 heterocycles. The third-order valence-corrected chi connectivity index (χ3v) is 2.92. The molecule has 18 heavy (non-hydrogen) atoms. The van der Waals surface area contributed by atoms with Crippen LogP contribution in [0, 0.1) is 0 Å². The van der Waals surface area contributed by atoms with Crippen LogP contribution in [0.3, 0.4) is 0 Å². The summed E-state index contributed by atoms with van der Waals surface area (Å²) in [6, 6.07) is 9.43. The largest absolute Gasteiger partial charge is 0.358 e. The van der Waals surface area contributed by atoms with Crippen molar-refractivity contribution in [3.05, 3.63) is 30.3 Å². The van der Waals surface area contributed by atoms with Crippen molar-refractivity contribution in [1.29, 1.82) is 0 Å². The first-order chi connectivity index (χ1) is 8.56. The van der Waals surface area contributed by atoms with Crippen LogP contribution in [0.1, 0.15) is 27.2 Å². The molecule has 0 radical (unpaired) electrons. The molecule has 1 aromatic rings. The summed E-state index contributed by atoms with van der Waals surface area (Å²) >= 11 is 5.88. The first kappa shape index (κ1) is 15.0. The highest BCUT2D eigenvalue weighted by Gasteiger charge is 2.20. The van der Waals surface area contributed by atoms with Gasteiger partial charge in [-0.3, -0.25) is 9.69 Å². The predicted molar refractivity (Wildman–Crippen MR) is 74.9 cm³/mol. The van der Waals surface area contributed by atoms with Crippen LogP contribution >= 0.6 is 11.6 Å². The number of ether oxygens (including phenoxy) is 1. The lowest BCUT2D eigenvalue weighted by Crippen LogP contribution is -2.38. The molecule has 2 unspecified atom stereocenters. The number of nitrogens with zero attached hydrogens (tertiary/aromatic N) is 1. The Bertz CT molecular complexity index is 367. The number of hydrogen-bond acceptors (Lipinski definition) is 2. The van der Waals surface area contributed by atoms with Gasteiger partial charge in [0.15, 0.2) is 0 Å². The van der Waals surface area contributed by atoms with Crippen molar-refractivity contribution < 1.29 is 9.53 Å². The molecule has 100 valence electrons. The summed E-state index contributed by atoms with van der Waals surface area (Å²) in [5, 5.41) is -0.564. The van der Waals surface area contributed by atoms with E-state index in [9.17, 15) is 4.79 Å². The van der Waals surface area contributed by atoms with Crippen LogP contribution in [0.25, 0.3) is 0 Å². The molecule has 1 rings (SSSR count). The molecular formula is C14H20ClNO2. The van der Waals surface area contributed by atoms with Gasteiger partial charge in [-0.25, -0.2) is 0 Å². The Hall–Kier alpha value is -1.06. The summed E-state index contributed by atoms with van der Waals surface area (Å²) in [4.78, 5) is 13.6. The second kappa shape index (κ2) is 7.39. The summed E-state index contributed by atoms with van der Waals surface area (Å²) < 4.78 is 5.63. The molecule has 2 atom stereocenters. The molecule has 1 amide bonds. The number of para-hydroxylation sites is 1. The van der Waals surface area contributed by atoms with Gasteiger partial charge in [-0.2, -0.15) is 0 Å². The molecule has 0 aliphatic rings. The number of rotatable bonds is 6. The summed E-state index contributed by atoms with van der Waals surface area (Å²) in [5.41, 5.74) is 0.804. The van der Waals surface area contributed by atoms with Gasteiger partial charge in [-0.1, -0.05) is 25.1 Å². The molecule has 0 spiro atoms. The number of hydrogen-bond donors (Lipinski definition) is 0. The van der Waals surface area contributed by atoms with Gasteiger partial charge in [0.2, 0.25) is 5.91 Å². The van der Waals surface area contributed by atoms with E-state index in [1.807, 2.05) is 44.2 Å². The van der Waals surface area contributed by atoms with Crippen LogP contribution in [-0.2, 0) is 9.53 Å². The average Bonchev–Trinajstić information content (AvgIpc) is 2.39. The molecule has 0 fully saturated rings. The van der Waals surface area contributed by atoms with Crippen LogP contribution in [0.15, 0.2) is 30.3 Å². The quantitative estimate of drug-likeness (QED) is 0.585. The minimum atomic E-state index is -0.564. The first-order valence-corrected chi connectivity index (χ1v) is 6.62. The van der Waals surface area contributed by atoms with Gasteiger partial charge in [0, 0.05) is 5.69 Å². The minimum Gasteiger partial charge on any atom is -0.358 e. The van der Waals surface area contributed by atoms with Crippen molar-refractivity contribution >= 4 is 23.2 Å². The number of amides is 1. The van der Waals surface area contributed by atoms with E-state index < -0.39 is 5.38 Å². The fourth-order valence-corrected chi connectivity index (χ4v) is 1.53. The molecule has 0 aliphatic heterocycles. The number of halogens is 1.